The van der Waals surface area contributed by atoms with Crippen LogP contribution >= 0.6 is 23.6 Å². The van der Waals surface area contributed by atoms with Crippen molar-refractivity contribution in [1.82, 2.24) is 9.62 Å². The molecule has 0 aliphatic heterocycles. The van der Waals surface area contributed by atoms with Crippen molar-refractivity contribution in [3.8, 4) is 0 Å². The fraction of sp³-hybridized carbons (Fsp3) is 0.444. The first-order valence-corrected chi connectivity index (χ1v) is 7.58. The second-order valence-corrected chi connectivity index (χ2v) is 7.20. The normalized spacial score (nSPS) is 11.9. The van der Waals surface area contributed by atoms with E-state index in [2.05, 4.69) is 4.72 Å². The van der Waals surface area contributed by atoms with Crippen molar-refractivity contribution in [3.63, 3.8) is 0 Å². The third-order valence-corrected chi connectivity index (χ3v) is 5.36. The molecule has 96 valence electrons. The van der Waals surface area contributed by atoms with Crippen molar-refractivity contribution in [2.24, 2.45) is 5.73 Å². The predicted octanol–water partition coefficient (Wildman–Crippen LogP) is 0.222. The highest BCUT2D eigenvalue weighted by molar-refractivity contribution is 7.91. The molecule has 1 rings (SSSR count). The van der Waals surface area contributed by atoms with Gasteiger partial charge in [-0.15, -0.1) is 11.3 Å². The van der Waals surface area contributed by atoms with E-state index in [1.165, 1.54) is 6.07 Å². The monoisotopic (exact) mass is 293 g/mol. The highest BCUT2D eigenvalue weighted by Crippen LogP contribution is 2.21. The van der Waals surface area contributed by atoms with Gasteiger partial charge in [0.15, 0.2) is 0 Å². The van der Waals surface area contributed by atoms with Gasteiger partial charge in [0.05, 0.1) is 4.88 Å². The van der Waals surface area contributed by atoms with Crippen LogP contribution in [0, 0.1) is 0 Å². The number of nitrogens with one attached hydrogen (secondary N) is 1. The highest BCUT2D eigenvalue weighted by Gasteiger charge is 2.16. The maximum absolute atomic E-state index is 11.8. The standard InChI is InChI=1S/C9H15N3O2S3/c1-12(2)6-5-11-17(13,14)8-4-3-7(16-8)9(10)15/h3-4,11H,5-6H2,1-2H3,(H2,10,15). The van der Waals surface area contributed by atoms with E-state index in [-0.39, 0.29) is 9.20 Å². The molecule has 0 aliphatic rings. The van der Waals surface area contributed by atoms with E-state index in [4.69, 9.17) is 18.0 Å². The van der Waals surface area contributed by atoms with Gasteiger partial charge in [0.25, 0.3) is 0 Å². The van der Waals surface area contributed by atoms with E-state index >= 15 is 0 Å². The molecule has 0 fully saturated rings. The van der Waals surface area contributed by atoms with Crippen LogP contribution in [0.25, 0.3) is 0 Å². The Morgan fingerprint density at radius 2 is 2.18 bits per heavy atom. The molecule has 0 saturated heterocycles. The molecule has 1 aromatic rings. The minimum atomic E-state index is -3.44. The summed E-state index contributed by atoms with van der Waals surface area (Å²) in [5, 5.41) is 0. The minimum Gasteiger partial charge on any atom is -0.389 e. The number of thiophene rings is 1. The van der Waals surface area contributed by atoms with Gasteiger partial charge in [0.2, 0.25) is 10.0 Å². The Labute approximate surface area is 111 Å². The van der Waals surface area contributed by atoms with Gasteiger partial charge in [0.1, 0.15) is 9.20 Å². The molecular formula is C9H15N3O2S3. The summed E-state index contributed by atoms with van der Waals surface area (Å²) in [5.41, 5.74) is 5.43. The van der Waals surface area contributed by atoms with E-state index in [0.29, 0.717) is 18.0 Å². The van der Waals surface area contributed by atoms with Crippen LogP contribution < -0.4 is 10.5 Å². The van der Waals surface area contributed by atoms with E-state index in [0.717, 1.165) is 11.3 Å². The van der Waals surface area contributed by atoms with E-state index in [9.17, 15) is 8.42 Å². The number of thiocarbonyl (C=S) groups is 1. The van der Waals surface area contributed by atoms with Crippen LogP contribution in [0.5, 0.6) is 0 Å². The molecular weight excluding hydrogens is 278 g/mol. The zero-order chi connectivity index (χ0) is 13.1. The molecule has 1 heterocycles. The van der Waals surface area contributed by atoms with Crippen LogP contribution in [-0.4, -0.2) is 45.5 Å². The molecule has 0 bridgehead atoms. The van der Waals surface area contributed by atoms with Crippen molar-refractivity contribution in [3.05, 3.63) is 17.0 Å². The molecule has 5 nitrogen and oxygen atoms in total. The Bertz CT molecular complexity index is 493. The molecule has 0 atom stereocenters. The molecule has 0 spiro atoms. The van der Waals surface area contributed by atoms with Crippen molar-refractivity contribution < 1.29 is 8.42 Å². The SMILES string of the molecule is CN(C)CCNS(=O)(=O)c1ccc(C(N)=S)s1. The number of sulfonamides is 1. The summed E-state index contributed by atoms with van der Waals surface area (Å²) < 4.78 is 26.4. The van der Waals surface area contributed by atoms with Crippen molar-refractivity contribution in [2.45, 2.75) is 4.21 Å². The van der Waals surface area contributed by atoms with Crippen LogP contribution in [0.2, 0.25) is 0 Å². The van der Waals surface area contributed by atoms with Gasteiger partial charge in [-0.05, 0) is 26.2 Å². The molecule has 0 aliphatic carbocycles. The van der Waals surface area contributed by atoms with E-state index in [1.807, 2.05) is 19.0 Å². The van der Waals surface area contributed by atoms with Crippen LogP contribution in [0.4, 0.5) is 0 Å². The van der Waals surface area contributed by atoms with Crippen LogP contribution in [0.15, 0.2) is 16.3 Å². The quantitative estimate of drug-likeness (QED) is 0.734. The molecule has 1 aromatic heterocycles. The molecule has 8 heteroatoms. The number of rotatable bonds is 6. The smallest absolute Gasteiger partial charge is 0.250 e. The molecule has 0 unspecified atom stereocenters. The Morgan fingerprint density at radius 3 is 2.65 bits per heavy atom. The van der Waals surface area contributed by atoms with Gasteiger partial charge >= 0.3 is 0 Å². The second kappa shape index (κ2) is 5.87. The number of nitrogens with zero attached hydrogens (tertiary/aromatic N) is 1. The molecule has 0 saturated carbocycles. The minimum absolute atomic E-state index is 0.213. The fourth-order valence-corrected chi connectivity index (χ4v) is 3.49. The van der Waals surface area contributed by atoms with Crippen molar-refractivity contribution in [1.29, 1.82) is 0 Å². The van der Waals surface area contributed by atoms with Gasteiger partial charge in [-0.1, -0.05) is 12.2 Å². The van der Waals surface area contributed by atoms with E-state index in [1.54, 1.807) is 6.07 Å². The molecule has 0 radical (unpaired) electrons. The average molecular weight is 293 g/mol. The second-order valence-electron chi connectivity index (χ2n) is 3.68. The third-order valence-electron chi connectivity index (χ3n) is 1.94. The zero-order valence-electron chi connectivity index (χ0n) is 9.63. The van der Waals surface area contributed by atoms with Crippen LogP contribution in [0.1, 0.15) is 4.88 Å². The maximum Gasteiger partial charge on any atom is 0.250 e. The van der Waals surface area contributed by atoms with Crippen LogP contribution in [0.3, 0.4) is 0 Å². The first-order valence-electron chi connectivity index (χ1n) is 4.87. The summed E-state index contributed by atoms with van der Waals surface area (Å²) in [6.07, 6.45) is 0. The largest absolute Gasteiger partial charge is 0.389 e. The summed E-state index contributed by atoms with van der Waals surface area (Å²) in [5.74, 6) is 0. The van der Waals surface area contributed by atoms with Crippen LogP contribution in [-0.2, 0) is 10.0 Å². The Hall–Kier alpha value is -0.540. The lowest BCUT2D eigenvalue weighted by Gasteiger charge is -2.09. The number of nitrogens with two attached hydrogens (primary N) is 1. The highest BCUT2D eigenvalue weighted by atomic mass is 32.2. The van der Waals surface area contributed by atoms with Crippen molar-refractivity contribution >= 4 is 38.6 Å². The Kier molecular flexibility index (Phi) is 5.02. The molecule has 0 amide bonds. The lowest BCUT2D eigenvalue weighted by atomic mass is 10.5. The van der Waals surface area contributed by atoms with Crippen molar-refractivity contribution in [2.75, 3.05) is 27.2 Å². The summed E-state index contributed by atoms with van der Waals surface area (Å²) in [6, 6.07) is 3.13. The average Bonchev–Trinajstić information content (AvgIpc) is 2.65. The summed E-state index contributed by atoms with van der Waals surface area (Å²) in [7, 11) is 0.317. The third kappa shape index (κ3) is 4.32. The number of hydrogen-bond acceptors (Lipinski definition) is 5. The van der Waals surface area contributed by atoms with Gasteiger partial charge in [-0.2, -0.15) is 0 Å². The first-order chi connectivity index (χ1) is 7.83. The fourth-order valence-electron chi connectivity index (χ4n) is 1.07. The summed E-state index contributed by atoms with van der Waals surface area (Å²) in [6.45, 7) is 1.02. The number of likely N-dealkylation sites (N-methyl/N-ethyl adjacent to an activating group) is 1. The topological polar surface area (TPSA) is 75.4 Å². The Morgan fingerprint density at radius 1 is 1.53 bits per heavy atom. The first kappa shape index (κ1) is 14.5. The Balaban J connectivity index is 2.72. The van der Waals surface area contributed by atoms with Gasteiger partial charge in [-0.3, -0.25) is 0 Å². The summed E-state index contributed by atoms with van der Waals surface area (Å²) in [4.78, 5) is 2.72. The molecule has 0 aromatic carbocycles. The number of hydrogen-bond donors (Lipinski definition) is 2. The molecule has 17 heavy (non-hydrogen) atoms. The van der Waals surface area contributed by atoms with E-state index < -0.39 is 10.0 Å². The lowest BCUT2D eigenvalue weighted by Crippen LogP contribution is -2.30. The van der Waals surface area contributed by atoms with Gasteiger partial charge in [-0.25, -0.2) is 13.1 Å². The maximum atomic E-state index is 11.8. The van der Waals surface area contributed by atoms with Gasteiger partial charge < -0.3 is 10.6 Å². The predicted molar refractivity (Wildman–Crippen MR) is 73.9 cm³/mol. The summed E-state index contributed by atoms with van der Waals surface area (Å²) >= 11 is 5.86. The zero-order valence-corrected chi connectivity index (χ0v) is 12.1. The lowest BCUT2D eigenvalue weighted by molar-refractivity contribution is 0.412. The van der Waals surface area contributed by atoms with Gasteiger partial charge in [0, 0.05) is 13.1 Å². The molecule has 3 N–H and O–H groups in total.